The number of benzene rings is 3. The van der Waals surface area contributed by atoms with Crippen molar-refractivity contribution in [2.75, 3.05) is 18.3 Å². The standard InChI is InChI=1S/C30H29FN2O6/c31-20-12-10-19(11-13-20)28(29(34)32-21-6-2-1-3-7-21)33(22-14-15-24-26(16-22)38-18-37-24)30(35)27-17-36-23-8-4-5-9-25(23)39-27/h4-5,8-16,21,27-28H,1-3,6-7,17-18H2,(H,32,34). The van der Waals surface area contributed by atoms with Crippen LogP contribution in [0, 0.1) is 5.82 Å². The molecular weight excluding hydrogens is 503 g/mol. The summed E-state index contributed by atoms with van der Waals surface area (Å²) in [4.78, 5) is 29.7. The fourth-order valence-electron chi connectivity index (χ4n) is 5.32. The lowest BCUT2D eigenvalue weighted by Gasteiger charge is -2.36. The largest absolute Gasteiger partial charge is 0.485 e. The normalized spacial score (nSPS) is 18.7. The van der Waals surface area contributed by atoms with Crippen molar-refractivity contribution < 1.29 is 32.9 Å². The van der Waals surface area contributed by atoms with Gasteiger partial charge < -0.3 is 24.3 Å². The number of halogens is 1. The van der Waals surface area contributed by atoms with E-state index in [0.29, 0.717) is 34.2 Å². The molecule has 1 aliphatic carbocycles. The summed E-state index contributed by atoms with van der Waals surface area (Å²) in [5.74, 6) is 0.725. The second kappa shape index (κ2) is 10.8. The zero-order valence-corrected chi connectivity index (χ0v) is 21.3. The van der Waals surface area contributed by atoms with Gasteiger partial charge in [0.1, 0.15) is 18.5 Å². The lowest BCUT2D eigenvalue weighted by atomic mass is 9.94. The smallest absolute Gasteiger partial charge is 0.272 e. The molecular formula is C30H29FN2O6. The topological polar surface area (TPSA) is 86.3 Å². The maximum absolute atomic E-state index is 14.3. The van der Waals surface area contributed by atoms with Gasteiger partial charge in [0.15, 0.2) is 23.0 Å². The minimum atomic E-state index is -1.10. The van der Waals surface area contributed by atoms with Crippen LogP contribution >= 0.6 is 0 Å². The van der Waals surface area contributed by atoms with Crippen LogP contribution in [0.4, 0.5) is 10.1 Å². The van der Waals surface area contributed by atoms with Crippen molar-refractivity contribution in [2.24, 2.45) is 0 Å². The van der Waals surface area contributed by atoms with E-state index in [-0.39, 0.29) is 25.3 Å². The van der Waals surface area contributed by atoms with Gasteiger partial charge in [-0.05, 0) is 54.8 Å². The van der Waals surface area contributed by atoms with Crippen LogP contribution in [-0.4, -0.2) is 37.4 Å². The van der Waals surface area contributed by atoms with E-state index < -0.39 is 23.9 Å². The summed E-state index contributed by atoms with van der Waals surface area (Å²) in [5, 5.41) is 3.15. The van der Waals surface area contributed by atoms with Crippen LogP contribution in [0.1, 0.15) is 43.7 Å². The summed E-state index contributed by atoms with van der Waals surface area (Å²) in [6, 6.07) is 16.7. The maximum Gasteiger partial charge on any atom is 0.272 e. The van der Waals surface area contributed by atoms with Crippen LogP contribution in [0.15, 0.2) is 66.7 Å². The number of amides is 2. The summed E-state index contributed by atoms with van der Waals surface area (Å²) in [6.45, 7) is 0.0317. The van der Waals surface area contributed by atoms with Gasteiger partial charge in [-0.2, -0.15) is 0 Å². The molecule has 0 bridgehead atoms. The molecule has 0 radical (unpaired) electrons. The molecule has 202 valence electrons. The molecule has 1 saturated carbocycles. The summed E-state index contributed by atoms with van der Waals surface area (Å²) >= 11 is 0. The zero-order valence-electron chi connectivity index (χ0n) is 21.3. The first-order valence-electron chi connectivity index (χ1n) is 13.2. The fraction of sp³-hybridized carbons (Fsp3) is 0.333. The van der Waals surface area contributed by atoms with Gasteiger partial charge in [-0.15, -0.1) is 0 Å². The number of ether oxygens (including phenoxy) is 4. The number of hydrogen-bond donors (Lipinski definition) is 1. The monoisotopic (exact) mass is 532 g/mol. The van der Waals surface area contributed by atoms with Gasteiger partial charge in [0.25, 0.3) is 5.91 Å². The second-order valence-electron chi connectivity index (χ2n) is 9.91. The highest BCUT2D eigenvalue weighted by Crippen LogP contribution is 2.39. The van der Waals surface area contributed by atoms with E-state index in [9.17, 15) is 14.0 Å². The summed E-state index contributed by atoms with van der Waals surface area (Å²) < 4.78 is 36.9. The third-order valence-electron chi connectivity index (χ3n) is 7.30. The second-order valence-corrected chi connectivity index (χ2v) is 9.91. The molecule has 3 aromatic carbocycles. The third kappa shape index (κ3) is 5.21. The summed E-state index contributed by atoms with van der Waals surface area (Å²) in [5.41, 5.74) is 0.882. The van der Waals surface area contributed by atoms with E-state index in [1.807, 2.05) is 6.07 Å². The number of fused-ring (bicyclic) bond motifs is 2. The number of para-hydroxylation sites is 2. The van der Waals surface area contributed by atoms with Gasteiger partial charge in [-0.3, -0.25) is 14.5 Å². The predicted octanol–water partition coefficient (Wildman–Crippen LogP) is 4.92. The number of carbonyl (C=O) groups is 2. The highest BCUT2D eigenvalue weighted by atomic mass is 19.1. The number of nitrogens with one attached hydrogen (secondary N) is 1. The first kappa shape index (κ1) is 25.0. The molecule has 0 saturated heterocycles. The molecule has 3 aromatic rings. The highest BCUT2D eigenvalue weighted by Gasteiger charge is 2.40. The molecule has 2 atom stereocenters. The Labute approximate surface area is 225 Å². The van der Waals surface area contributed by atoms with Crippen molar-refractivity contribution in [3.63, 3.8) is 0 Å². The van der Waals surface area contributed by atoms with Crippen molar-refractivity contribution in [3.8, 4) is 23.0 Å². The van der Waals surface area contributed by atoms with Crippen LogP contribution < -0.4 is 29.2 Å². The van der Waals surface area contributed by atoms with Crippen molar-refractivity contribution in [2.45, 2.75) is 50.3 Å². The molecule has 2 heterocycles. The fourth-order valence-corrected chi connectivity index (χ4v) is 5.32. The van der Waals surface area contributed by atoms with Crippen molar-refractivity contribution >= 4 is 17.5 Å². The number of anilines is 1. The Morgan fingerprint density at radius 3 is 2.36 bits per heavy atom. The molecule has 39 heavy (non-hydrogen) atoms. The average molecular weight is 533 g/mol. The third-order valence-corrected chi connectivity index (χ3v) is 7.30. The molecule has 9 heteroatoms. The van der Waals surface area contributed by atoms with Crippen molar-refractivity contribution in [1.29, 1.82) is 0 Å². The van der Waals surface area contributed by atoms with Gasteiger partial charge in [0.05, 0.1) is 0 Å². The minimum absolute atomic E-state index is 0.00375. The zero-order chi connectivity index (χ0) is 26.8. The van der Waals surface area contributed by atoms with E-state index in [1.165, 1.54) is 29.2 Å². The first-order valence-corrected chi connectivity index (χ1v) is 13.2. The highest BCUT2D eigenvalue weighted by molar-refractivity contribution is 6.04. The number of carbonyl (C=O) groups excluding carboxylic acids is 2. The van der Waals surface area contributed by atoms with E-state index in [0.717, 1.165) is 32.1 Å². The Morgan fingerprint density at radius 2 is 1.56 bits per heavy atom. The van der Waals surface area contributed by atoms with Gasteiger partial charge in [-0.1, -0.05) is 43.5 Å². The SMILES string of the molecule is O=C(NC1CCCCC1)C(c1ccc(F)cc1)N(C(=O)C1COc2ccccc2O1)c1ccc2c(c1)OCO2. The van der Waals surface area contributed by atoms with Crippen LogP contribution in [0.3, 0.4) is 0 Å². The summed E-state index contributed by atoms with van der Waals surface area (Å²) in [6.07, 6.45) is 3.92. The number of nitrogens with zero attached hydrogens (tertiary/aromatic N) is 1. The quantitative estimate of drug-likeness (QED) is 0.485. The van der Waals surface area contributed by atoms with E-state index in [1.54, 1.807) is 36.4 Å². The molecule has 1 fully saturated rings. The van der Waals surface area contributed by atoms with Gasteiger partial charge in [0, 0.05) is 17.8 Å². The van der Waals surface area contributed by atoms with E-state index in [2.05, 4.69) is 5.32 Å². The van der Waals surface area contributed by atoms with E-state index >= 15 is 0 Å². The first-order chi connectivity index (χ1) is 19.1. The molecule has 1 N–H and O–H groups in total. The lowest BCUT2D eigenvalue weighted by molar-refractivity contribution is -0.132. The Balaban J connectivity index is 1.41. The van der Waals surface area contributed by atoms with Gasteiger partial charge in [0.2, 0.25) is 18.8 Å². The molecule has 6 rings (SSSR count). The Kier molecular flexibility index (Phi) is 6.96. The maximum atomic E-state index is 14.3. The average Bonchev–Trinajstić information content (AvgIpc) is 3.44. The minimum Gasteiger partial charge on any atom is -0.485 e. The number of rotatable bonds is 6. The predicted molar refractivity (Wildman–Crippen MR) is 141 cm³/mol. The van der Waals surface area contributed by atoms with Gasteiger partial charge >= 0.3 is 0 Å². The van der Waals surface area contributed by atoms with Crippen LogP contribution in [0.25, 0.3) is 0 Å². The van der Waals surface area contributed by atoms with Crippen LogP contribution in [0.5, 0.6) is 23.0 Å². The molecule has 2 amide bonds. The van der Waals surface area contributed by atoms with E-state index in [4.69, 9.17) is 18.9 Å². The lowest BCUT2D eigenvalue weighted by Crippen LogP contribution is -2.52. The van der Waals surface area contributed by atoms with Crippen molar-refractivity contribution in [3.05, 3.63) is 78.1 Å². The van der Waals surface area contributed by atoms with Gasteiger partial charge in [-0.25, -0.2) is 4.39 Å². The molecule has 2 aliphatic heterocycles. The Morgan fingerprint density at radius 1 is 0.846 bits per heavy atom. The molecule has 0 aromatic heterocycles. The molecule has 8 nitrogen and oxygen atoms in total. The number of hydrogen-bond acceptors (Lipinski definition) is 6. The van der Waals surface area contributed by atoms with Crippen molar-refractivity contribution in [1.82, 2.24) is 5.32 Å². The van der Waals surface area contributed by atoms with Crippen LogP contribution in [-0.2, 0) is 9.59 Å². The molecule has 2 unspecified atom stereocenters. The Hall–Kier alpha value is -4.27. The summed E-state index contributed by atoms with van der Waals surface area (Å²) in [7, 11) is 0. The molecule has 0 spiro atoms. The molecule has 3 aliphatic rings. The Bertz CT molecular complexity index is 1360. The van der Waals surface area contributed by atoms with Crippen LogP contribution in [0.2, 0.25) is 0 Å².